The second-order valence-electron chi connectivity index (χ2n) is 3.84. The number of nitrogens with zero attached hydrogens (tertiary/aromatic N) is 1. The fourth-order valence-corrected chi connectivity index (χ4v) is 1.95. The van der Waals surface area contributed by atoms with Crippen LogP contribution >= 0.6 is 0 Å². The lowest BCUT2D eigenvalue weighted by Crippen LogP contribution is -2.03. The fraction of sp³-hybridized carbons (Fsp3) is 0.231. The van der Waals surface area contributed by atoms with Crippen LogP contribution in [0.1, 0.15) is 11.3 Å². The van der Waals surface area contributed by atoms with Crippen LogP contribution in [0.3, 0.4) is 0 Å². The van der Waals surface area contributed by atoms with Crippen LogP contribution in [0.15, 0.2) is 24.4 Å². The standard InChI is InChI=1S/C13H13NO3/c1-8-3-4-9-10(13(8)17-2)5-6-14-11(9)7-12(15)16/h3-6H,7H2,1-2H3,(H,15,16). The van der Waals surface area contributed by atoms with Gasteiger partial charge in [0, 0.05) is 17.0 Å². The monoisotopic (exact) mass is 231 g/mol. The van der Waals surface area contributed by atoms with E-state index in [0.29, 0.717) is 5.69 Å². The predicted molar refractivity (Wildman–Crippen MR) is 64.4 cm³/mol. The lowest BCUT2D eigenvalue weighted by Gasteiger charge is -2.10. The summed E-state index contributed by atoms with van der Waals surface area (Å²) in [7, 11) is 1.61. The Hall–Kier alpha value is -2.10. The maximum Gasteiger partial charge on any atom is 0.309 e. The molecule has 1 aromatic carbocycles. The first kappa shape index (κ1) is 11.4. The second kappa shape index (κ2) is 4.41. The molecule has 17 heavy (non-hydrogen) atoms. The van der Waals surface area contributed by atoms with Crippen LogP contribution in [-0.4, -0.2) is 23.2 Å². The first-order valence-corrected chi connectivity index (χ1v) is 5.26. The van der Waals surface area contributed by atoms with E-state index in [-0.39, 0.29) is 6.42 Å². The Kier molecular flexibility index (Phi) is 2.95. The van der Waals surface area contributed by atoms with Gasteiger partial charge in [-0.05, 0) is 18.6 Å². The number of aromatic nitrogens is 1. The first-order chi connectivity index (χ1) is 8.13. The number of benzene rings is 1. The molecule has 1 aromatic heterocycles. The molecule has 88 valence electrons. The molecule has 4 heteroatoms. The van der Waals surface area contributed by atoms with Gasteiger partial charge in [0.1, 0.15) is 5.75 Å². The highest BCUT2D eigenvalue weighted by molar-refractivity contribution is 5.92. The molecular formula is C13H13NO3. The Morgan fingerprint density at radius 1 is 1.35 bits per heavy atom. The summed E-state index contributed by atoms with van der Waals surface area (Å²) in [4.78, 5) is 14.9. The largest absolute Gasteiger partial charge is 0.496 e. The number of carboxylic acid groups (broad SMARTS) is 1. The van der Waals surface area contributed by atoms with Crippen molar-refractivity contribution in [2.45, 2.75) is 13.3 Å². The Morgan fingerprint density at radius 2 is 2.12 bits per heavy atom. The lowest BCUT2D eigenvalue weighted by molar-refractivity contribution is -0.136. The fourth-order valence-electron chi connectivity index (χ4n) is 1.95. The van der Waals surface area contributed by atoms with Gasteiger partial charge in [0.05, 0.1) is 19.2 Å². The Morgan fingerprint density at radius 3 is 2.76 bits per heavy atom. The molecule has 0 saturated heterocycles. The minimum absolute atomic E-state index is 0.0798. The topological polar surface area (TPSA) is 59.4 Å². The molecule has 0 fully saturated rings. The number of fused-ring (bicyclic) bond motifs is 1. The van der Waals surface area contributed by atoms with E-state index in [1.54, 1.807) is 13.3 Å². The highest BCUT2D eigenvalue weighted by atomic mass is 16.5. The van der Waals surface area contributed by atoms with Crippen LogP contribution in [0.25, 0.3) is 10.8 Å². The van der Waals surface area contributed by atoms with Gasteiger partial charge in [0.2, 0.25) is 0 Å². The number of methoxy groups -OCH3 is 1. The van der Waals surface area contributed by atoms with Gasteiger partial charge < -0.3 is 9.84 Å². The molecule has 0 unspecified atom stereocenters. The molecule has 0 saturated carbocycles. The number of carbonyl (C=O) groups is 1. The van der Waals surface area contributed by atoms with E-state index < -0.39 is 5.97 Å². The summed E-state index contributed by atoms with van der Waals surface area (Å²) in [6.07, 6.45) is 1.53. The van der Waals surface area contributed by atoms with Crippen LogP contribution in [-0.2, 0) is 11.2 Å². The molecule has 2 rings (SSSR count). The molecule has 0 atom stereocenters. The van der Waals surface area contributed by atoms with Gasteiger partial charge in [-0.25, -0.2) is 0 Å². The van der Waals surface area contributed by atoms with Crippen molar-refractivity contribution < 1.29 is 14.6 Å². The van der Waals surface area contributed by atoms with E-state index in [4.69, 9.17) is 9.84 Å². The Balaban J connectivity index is 2.69. The molecule has 0 spiro atoms. The predicted octanol–water partition coefficient (Wildman–Crippen LogP) is 2.18. The van der Waals surface area contributed by atoms with Crippen LogP contribution in [0.2, 0.25) is 0 Å². The number of ether oxygens (including phenoxy) is 1. The maximum atomic E-state index is 10.8. The zero-order valence-corrected chi connectivity index (χ0v) is 9.73. The van der Waals surface area contributed by atoms with Crippen molar-refractivity contribution in [3.8, 4) is 5.75 Å². The summed E-state index contributed by atoms with van der Waals surface area (Å²) in [5.41, 5.74) is 1.58. The van der Waals surface area contributed by atoms with Crippen molar-refractivity contribution in [2.75, 3.05) is 7.11 Å². The SMILES string of the molecule is COc1c(C)ccc2c(CC(=O)O)nccc12. The molecule has 4 nitrogen and oxygen atoms in total. The summed E-state index contributed by atoms with van der Waals surface area (Å²) >= 11 is 0. The van der Waals surface area contributed by atoms with E-state index in [1.165, 1.54) is 0 Å². The molecule has 0 aliphatic carbocycles. The van der Waals surface area contributed by atoms with Gasteiger partial charge in [0.25, 0.3) is 0 Å². The van der Waals surface area contributed by atoms with Gasteiger partial charge in [-0.3, -0.25) is 9.78 Å². The summed E-state index contributed by atoms with van der Waals surface area (Å²) in [6, 6.07) is 5.64. The quantitative estimate of drug-likeness (QED) is 0.879. The molecule has 0 aliphatic rings. The molecule has 2 aromatic rings. The van der Waals surface area contributed by atoms with E-state index in [9.17, 15) is 4.79 Å². The van der Waals surface area contributed by atoms with Crippen LogP contribution in [0.4, 0.5) is 0 Å². The van der Waals surface area contributed by atoms with Crippen molar-refractivity contribution in [3.63, 3.8) is 0 Å². The number of carboxylic acids is 1. The van der Waals surface area contributed by atoms with E-state index in [1.807, 2.05) is 25.1 Å². The number of hydrogen-bond acceptors (Lipinski definition) is 3. The second-order valence-corrected chi connectivity index (χ2v) is 3.84. The third kappa shape index (κ3) is 2.06. The zero-order valence-electron chi connectivity index (χ0n) is 9.73. The van der Waals surface area contributed by atoms with E-state index in [0.717, 1.165) is 22.1 Å². The minimum Gasteiger partial charge on any atom is -0.496 e. The van der Waals surface area contributed by atoms with Crippen molar-refractivity contribution in [2.24, 2.45) is 0 Å². The summed E-state index contributed by atoms with van der Waals surface area (Å²) in [5, 5.41) is 10.6. The lowest BCUT2D eigenvalue weighted by atomic mass is 10.0. The molecule has 1 N–H and O–H groups in total. The average Bonchev–Trinajstić information content (AvgIpc) is 2.28. The van der Waals surface area contributed by atoms with Crippen LogP contribution in [0, 0.1) is 6.92 Å². The van der Waals surface area contributed by atoms with Gasteiger partial charge in [-0.2, -0.15) is 0 Å². The smallest absolute Gasteiger partial charge is 0.309 e. The van der Waals surface area contributed by atoms with Gasteiger partial charge in [0.15, 0.2) is 0 Å². The van der Waals surface area contributed by atoms with Crippen LogP contribution in [0.5, 0.6) is 5.75 Å². The number of pyridine rings is 1. The molecule has 0 amide bonds. The zero-order chi connectivity index (χ0) is 12.4. The number of aliphatic carboxylic acids is 1. The van der Waals surface area contributed by atoms with Gasteiger partial charge in [-0.1, -0.05) is 12.1 Å². The number of aryl methyl sites for hydroxylation is 1. The summed E-state index contributed by atoms with van der Waals surface area (Å²) in [6.45, 7) is 1.95. The molecule has 0 radical (unpaired) electrons. The summed E-state index contributed by atoms with van der Waals surface area (Å²) in [5.74, 6) is -0.110. The highest BCUT2D eigenvalue weighted by Gasteiger charge is 2.11. The van der Waals surface area contributed by atoms with E-state index >= 15 is 0 Å². The average molecular weight is 231 g/mol. The Labute approximate surface area is 98.9 Å². The summed E-state index contributed by atoms with van der Waals surface area (Å²) < 4.78 is 5.34. The van der Waals surface area contributed by atoms with Crippen LogP contribution < -0.4 is 4.74 Å². The van der Waals surface area contributed by atoms with Gasteiger partial charge >= 0.3 is 5.97 Å². The Bertz CT molecular complexity index is 578. The van der Waals surface area contributed by atoms with E-state index in [2.05, 4.69) is 4.98 Å². The normalized spacial score (nSPS) is 10.5. The highest BCUT2D eigenvalue weighted by Crippen LogP contribution is 2.30. The third-order valence-corrected chi connectivity index (χ3v) is 2.70. The molecular weight excluding hydrogens is 218 g/mol. The third-order valence-electron chi connectivity index (χ3n) is 2.70. The van der Waals surface area contributed by atoms with Crippen molar-refractivity contribution in [1.82, 2.24) is 4.98 Å². The molecule has 0 aliphatic heterocycles. The van der Waals surface area contributed by atoms with Crippen molar-refractivity contribution in [1.29, 1.82) is 0 Å². The maximum absolute atomic E-state index is 10.8. The van der Waals surface area contributed by atoms with Crippen molar-refractivity contribution >= 4 is 16.7 Å². The first-order valence-electron chi connectivity index (χ1n) is 5.26. The molecule has 0 bridgehead atoms. The minimum atomic E-state index is -0.885. The van der Waals surface area contributed by atoms with Crippen molar-refractivity contribution in [3.05, 3.63) is 35.7 Å². The number of rotatable bonds is 3. The number of hydrogen-bond donors (Lipinski definition) is 1. The van der Waals surface area contributed by atoms with Gasteiger partial charge in [-0.15, -0.1) is 0 Å². The molecule has 1 heterocycles.